The van der Waals surface area contributed by atoms with Crippen LogP contribution in [0.5, 0.6) is 0 Å². The van der Waals surface area contributed by atoms with Crippen LogP contribution in [0.25, 0.3) is 0 Å². The molecule has 1 aliphatic carbocycles. The number of hydrogen-bond donors (Lipinski definition) is 1. The zero-order chi connectivity index (χ0) is 10.9. The molecule has 1 N–H and O–H groups in total. The van der Waals surface area contributed by atoms with Crippen molar-refractivity contribution < 1.29 is 9.84 Å². The lowest BCUT2D eigenvalue weighted by molar-refractivity contribution is -0.101. The van der Waals surface area contributed by atoms with E-state index in [-0.39, 0.29) is 5.60 Å². The summed E-state index contributed by atoms with van der Waals surface area (Å²) in [5, 5.41) is 14.1. The van der Waals surface area contributed by atoms with Crippen LogP contribution in [-0.4, -0.2) is 27.6 Å². The first-order valence-corrected chi connectivity index (χ1v) is 5.38. The van der Waals surface area contributed by atoms with Crippen LogP contribution in [0, 0.1) is 0 Å². The number of rotatable bonds is 4. The summed E-state index contributed by atoms with van der Waals surface area (Å²) in [7, 11) is 3.58. The Labute approximate surface area is 89.9 Å². The van der Waals surface area contributed by atoms with Gasteiger partial charge in [0.15, 0.2) is 0 Å². The van der Waals surface area contributed by atoms with Gasteiger partial charge in [0, 0.05) is 26.8 Å². The second kappa shape index (κ2) is 3.94. The van der Waals surface area contributed by atoms with Gasteiger partial charge in [-0.1, -0.05) is 0 Å². The molecule has 0 amide bonds. The van der Waals surface area contributed by atoms with E-state index in [4.69, 9.17) is 4.74 Å². The molecule has 0 radical (unpaired) electrons. The van der Waals surface area contributed by atoms with Gasteiger partial charge >= 0.3 is 0 Å². The Kier molecular flexibility index (Phi) is 2.80. The molecule has 0 spiro atoms. The number of methoxy groups -OCH3 is 1. The van der Waals surface area contributed by atoms with Crippen LogP contribution in [-0.2, 0) is 11.8 Å². The number of aromatic nitrogens is 2. The number of aryl methyl sites for hydroxylation is 1. The lowest BCUT2D eigenvalue weighted by atomic mass is 9.76. The molecule has 0 aromatic carbocycles. The Balaban J connectivity index is 2.03. The van der Waals surface area contributed by atoms with Crippen LogP contribution in [0.1, 0.15) is 37.5 Å². The molecule has 1 atom stereocenters. The molecule has 4 nitrogen and oxygen atoms in total. The zero-order valence-corrected chi connectivity index (χ0v) is 9.31. The third-order valence-electron chi connectivity index (χ3n) is 3.46. The van der Waals surface area contributed by atoms with Gasteiger partial charge < -0.3 is 9.84 Å². The van der Waals surface area contributed by atoms with Crippen molar-refractivity contribution in [2.24, 2.45) is 7.05 Å². The summed E-state index contributed by atoms with van der Waals surface area (Å²) in [6.07, 6.45) is 5.21. The molecule has 0 aliphatic heterocycles. The highest BCUT2D eigenvalue weighted by Crippen LogP contribution is 2.41. The van der Waals surface area contributed by atoms with Crippen LogP contribution < -0.4 is 0 Å². The molecule has 15 heavy (non-hydrogen) atoms. The summed E-state index contributed by atoms with van der Waals surface area (Å²) in [6.45, 7) is 0. The second-order valence-electron chi connectivity index (χ2n) is 4.34. The van der Waals surface area contributed by atoms with E-state index >= 15 is 0 Å². The fraction of sp³-hybridized carbons (Fsp3) is 0.727. The normalized spacial score (nSPS) is 21.0. The van der Waals surface area contributed by atoms with Crippen LogP contribution in [0.3, 0.4) is 0 Å². The van der Waals surface area contributed by atoms with Crippen LogP contribution in [0.15, 0.2) is 12.3 Å². The summed E-state index contributed by atoms with van der Waals surface area (Å²) in [4.78, 5) is 0. The van der Waals surface area contributed by atoms with Crippen molar-refractivity contribution >= 4 is 0 Å². The summed E-state index contributed by atoms with van der Waals surface area (Å²) in [5.74, 6) is 0. The van der Waals surface area contributed by atoms with Crippen molar-refractivity contribution in [1.82, 2.24) is 9.78 Å². The maximum absolute atomic E-state index is 10.1. The monoisotopic (exact) mass is 210 g/mol. The number of aliphatic hydroxyl groups excluding tert-OH is 1. The minimum Gasteiger partial charge on any atom is -0.387 e. The van der Waals surface area contributed by atoms with Crippen molar-refractivity contribution in [2.45, 2.75) is 37.4 Å². The molecule has 0 bridgehead atoms. The quantitative estimate of drug-likeness (QED) is 0.817. The van der Waals surface area contributed by atoms with E-state index in [1.54, 1.807) is 18.0 Å². The summed E-state index contributed by atoms with van der Waals surface area (Å²) in [5.41, 5.74) is 0.766. The second-order valence-corrected chi connectivity index (χ2v) is 4.34. The van der Waals surface area contributed by atoms with Crippen LogP contribution in [0.4, 0.5) is 0 Å². The lowest BCUT2D eigenvalue weighted by Gasteiger charge is -2.41. The molecule has 84 valence electrons. The summed E-state index contributed by atoms with van der Waals surface area (Å²) >= 11 is 0. The molecule has 1 unspecified atom stereocenters. The minimum atomic E-state index is -0.474. The van der Waals surface area contributed by atoms with Gasteiger partial charge in [-0.3, -0.25) is 4.68 Å². The summed E-state index contributed by atoms with van der Waals surface area (Å²) < 4.78 is 7.21. The molecule has 4 heteroatoms. The van der Waals surface area contributed by atoms with E-state index in [2.05, 4.69) is 5.10 Å². The first-order valence-electron chi connectivity index (χ1n) is 5.38. The predicted molar refractivity (Wildman–Crippen MR) is 56.4 cm³/mol. The van der Waals surface area contributed by atoms with Gasteiger partial charge in [0.2, 0.25) is 0 Å². The smallest absolute Gasteiger partial charge is 0.0984 e. The molecular weight excluding hydrogens is 192 g/mol. The van der Waals surface area contributed by atoms with Crippen LogP contribution >= 0.6 is 0 Å². The van der Waals surface area contributed by atoms with Gasteiger partial charge in [0.1, 0.15) is 0 Å². The lowest BCUT2D eigenvalue weighted by Crippen LogP contribution is -2.40. The molecule has 1 saturated carbocycles. The average Bonchev–Trinajstić information content (AvgIpc) is 2.58. The molecule has 1 aromatic rings. The van der Waals surface area contributed by atoms with Gasteiger partial charge in [-0.2, -0.15) is 5.10 Å². The van der Waals surface area contributed by atoms with E-state index in [1.165, 1.54) is 6.42 Å². The van der Waals surface area contributed by atoms with Gasteiger partial charge in [-0.15, -0.1) is 0 Å². The van der Waals surface area contributed by atoms with Crippen molar-refractivity contribution in [2.75, 3.05) is 7.11 Å². The first-order chi connectivity index (χ1) is 7.17. The van der Waals surface area contributed by atoms with E-state index < -0.39 is 6.10 Å². The third-order valence-corrected chi connectivity index (χ3v) is 3.46. The molecule has 1 fully saturated rings. The number of nitrogens with zero attached hydrogens (tertiary/aromatic N) is 2. The topological polar surface area (TPSA) is 47.3 Å². The molecular formula is C11H18N2O2. The molecule has 2 rings (SSSR count). The van der Waals surface area contributed by atoms with Crippen LogP contribution in [0.2, 0.25) is 0 Å². The molecule has 0 saturated heterocycles. The van der Waals surface area contributed by atoms with Crippen molar-refractivity contribution in [3.63, 3.8) is 0 Å². The number of ether oxygens (including phenoxy) is 1. The van der Waals surface area contributed by atoms with Gasteiger partial charge in [-0.25, -0.2) is 0 Å². The van der Waals surface area contributed by atoms with E-state index in [0.29, 0.717) is 6.42 Å². The van der Waals surface area contributed by atoms with Gasteiger partial charge in [0.25, 0.3) is 0 Å². The maximum Gasteiger partial charge on any atom is 0.0984 e. The number of hydrogen-bond acceptors (Lipinski definition) is 3. The van der Waals surface area contributed by atoms with Crippen molar-refractivity contribution in [1.29, 1.82) is 0 Å². The maximum atomic E-state index is 10.1. The van der Waals surface area contributed by atoms with E-state index in [9.17, 15) is 5.11 Å². The fourth-order valence-electron chi connectivity index (χ4n) is 2.23. The third kappa shape index (κ3) is 1.92. The molecule has 1 aromatic heterocycles. The van der Waals surface area contributed by atoms with Gasteiger partial charge in [-0.05, 0) is 25.3 Å². The average molecular weight is 210 g/mol. The van der Waals surface area contributed by atoms with E-state index in [0.717, 1.165) is 18.5 Å². The molecule has 1 heterocycles. The highest BCUT2D eigenvalue weighted by molar-refractivity contribution is 5.06. The Morgan fingerprint density at radius 1 is 1.67 bits per heavy atom. The first kappa shape index (κ1) is 10.6. The Hall–Kier alpha value is -0.870. The van der Waals surface area contributed by atoms with Gasteiger partial charge in [0.05, 0.1) is 17.4 Å². The van der Waals surface area contributed by atoms with E-state index in [1.807, 2.05) is 13.1 Å². The molecule has 1 aliphatic rings. The minimum absolute atomic E-state index is 0.0936. The highest BCUT2D eigenvalue weighted by atomic mass is 16.5. The Bertz CT molecular complexity index is 326. The Morgan fingerprint density at radius 3 is 2.80 bits per heavy atom. The van der Waals surface area contributed by atoms with Crippen molar-refractivity contribution in [3.05, 3.63) is 18.0 Å². The zero-order valence-electron chi connectivity index (χ0n) is 9.31. The largest absolute Gasteiger partial charge is 0.387 e. The fourth-order valence-corrected chi connectivity index (χ4v) is 2.23. The Morgan fingerprint density at radius 2 is 2.40 bits per heavy atom. The standard InChI is InChI=1S/C11H18N2O2/c1-13-9(4-7-12-13)10(14)8-11(15-2)5-3-6-11/h4,7,10,14H,3,5-6,8H2,1-2H3. The SMILES string of the molecule is COC1(CC(O)c2ccnn2C)CCC1. The highest BCUT2D eigenvalue weighted by Gasteiger charge is 2.39. The predicted octanol–water partition coefficient (Wildman–Crippen LogP) is 1.41. The number of aliphatic hydroxyl groups is 1. The summed E-state index contributed by atoms with van der Waals surface area (Å²) in [6, 6.07) is 1.85. The van der Waals surface area contributed by atoms with Crippen molar-refractivity contribution in [3.8, 4) is 0 Å².